The Balaban J connectivity index is 0.000000165. The van der Waals surface area contributed by atoms with Gasteiger partial charge in [0.1, 0.15) is 5.75 Å². The third-order valence-electron chi connectivity index (χ3n) is 11.1. The number of allylic oxidation sites excluding steroid dienone is 4. The van der Waals surface area contributed by atoms with E-state index in [1.807, 2.05) is 18.2 Å². The highest BCUT2D eigenvalue weighted by Crippen LogP contribution is 2.49. The van der Waals surface area contributed by atoms with E-state index >= 15 is 0 Å². The van der Waals surface area contributed by atoms with Crippen LogP contribution in [0.15, 0.2) is 176 Å². The SMILES string of the molecule is Cc1ccc2c(c1)C1C=CC=CC1c1ccccc1-2.Cc1ccccc1-c1c(C)cccc1-c1ccc2c(c1)c1cc(O)ccc1n2-c1ccccc1. The number of nitrogens with zero attached hydrogens (tertiary/aromatic N) is 1. The van der Waals surface area contributed by atoms with Crippen LogP contribution >= 0.6 is 0 Å². The molecule has 7 aromatic carbocycles. The zero-order valence-corrected chi connectivity index (χ0v) is 30.3. The molecule has 0 radical (unpaired) electrons. The minimum Gasteiger partial charge on any atom is -0.508 e. The Morgan fingerprint density at radius 1 is 0.472 bits per heavy atom. The molecule has 2 heteroatoms. The lowest BCUT2D eigenvalue weighted by Gasteiger charge is -2.34. The molecule has 0 bridgehead atoms. The monoisotopic (exact) mass is 683 g/mol. The summed E-state index contributed by atoms with van der Waals surface area (Å²) >= 11 is 0. The van der Waals surface area contributed by atoms with Crippen molar-refractivity contribution in [2.24, 2.45) is 0 Å². The highest BCUT2D eigenvalue weighted by Gasteiger charge is 2.31. The molecule has 1 heterocycles. The molecule has 0 saturated carbocycles. The molecule has 0 amide bonds. The van der Waals surface area contributed by atoms with E-state index in [0.717, 1.165) is 27.5 Å². The van der Waals surface area contributed by atoms with Gasteiger partial charge in [0.15, 0.2) is 0 Å². The number of hydrogen-bond acceptors (Lipinski definition) is 1. The number of aromatic hydroxyl groups is 1. The average molecular weight is 684 g/mol. The number of fused-ring (bicyclic) bond motifs is 9. The van der Waals surface area contributed by atoms with Crippen LogP contribution in [0.2, 0.25) is 0 Å². The zero-order valence-electron chi connectivity index (χ0n) is 30.3. The van der Waals surface area contributed by atoms with Gasteiger partial charge in [0.2, 0.25) is 0 Å². The summed E-state index contributed by atoms with van der Waals surface area (Å²) in [6, 6.07) is 53.5. The van der Waals surface area contributed by atoms with E-state index in [1.54, 1.807) is 6.07 Å². The highest BCUT2D eigenvalue weighted by atomic mass is 16.3. The molecule has 0 spiro atoms. The van der Waals surface area contributed by atoms with Gasteiger partial charge in [0.25, 0.3) is 0 Å². The summed E-state index contributed by atoms with van der Waals surface area (Å²) in [6.07, 6.45) is 9.05. The van der Waals surface area contributed by atoms with Gasteiger partial charge in [-0.1, -0.05) is 139 Å². The summed E-state index contributed by atoms with van der Waals surface area (Å²) in [5, 5.41) is 12.5. The fourth-order valence-corrected chi connectivity index (χ4v) is 8.59. The van der Waals surface area contributed by atoms with Gasteiger partial charge in [0, 0.05) is 28.3 Å². The summed E-state index contributed by atoms with van der Waals surface area (Å²) < 4.78 is 2.27. The van der Waals surface area contributed by atoms with Crippen molar-refractivity contribution >= 4 is 21.8 Å². The van der Waals surface area contributed by atoms with Crippen molar-refractivity contribution in [2.75, 3.05) is 0 Å². The Morgan fingerprint density at radius 3 is 1.89 bits per heavy atom. The van der Waals surface area contributed by atoms with Crippen molar-refractivity contribution in [3.63, 3.8) is 0 Å². The molecule has 10 rings (SSSR count). The summed E-state index contributed by atoms with van der Waals surface area (Å²) in [6.45, 7) is 6.53. The van der Waals surface area contributed by atoms with Gasteiger partial charge < -0.3 is 9.67 Å². The predicted octanol–water partition coefficient (Wildman–Crippen LogP) is 13.4. The molecule has 256 valence electrons. The molecule has 2 nitrogen and oxygen atoms in total. The highest BCUT2D eigenvalue weighted by molar-refractivity contribution is 6.11. The lowest BCUT2D eigenvalue weighted by Crippen LogP contribution is -2.16. The third kappa shape index (κ3) is 5.68. The molecule has 0 saturated heterocycles. The fraction of sp³-hybridized carbons (Fsp3) is 0.0980. The van der Waals surface area contributed by atoms with Crippen molar-refractivity contribution in [1.29, 1.82) is 0 Å². The minimum atomic E-state index is 0.279. The minimum absolute atomic E-state index is 0.279. The van der Waals surface area contributed by atoms with Crippen LogP contribution in [0.25, 0.3) is 60.9 Å². The summed E-state index contributed by atoms with van der Waals surface area (Å²) in [5.74, 6) is 1.27. The number of phenolic OH excluding ortho intramolecular Hbond substituents is 1. The fourth-order valence-electron chi connectivity index (χ4n) is 8.59. The van der Waals surface area contributed by atoms with Gasteiger partial charge in [-0.15, -0.1) is 0 Å². The Bertz CT molecular complexity index is 2730. The van der Waals surface area contributed by atoms with Crippen LogP contribution < -0.4 is 0 Å². The van der Waals surface area contributed by atoms with Gasteiger partial charge in [-0.3, -0.25) is 0 Å². The molecule has 0 fully saturated rings. The number of benzene rings is 7. The van der Waals surface area contributed by atoms with E-state index in [9.17, 15) is 5.11 Å². The van der Waals surface area contributed by atoms with Crippen LogP contribution in [-0.2, 0) is 0 Å². The van der Waals surface area contributed by atoms with Crippen LogP contribution in [-0.4, -0.2) is 9.67 Å². The van der Waals surface area contributed by atoms with Crippen molar-refractivity contribution in [2.45, 2.75) is 32.6 Å². The summed E-state index contributed by atoms with van der Waals surface area (Å²) in [4.78, 5) is 0. The Kier molecular flexibility index (Phi) is 8.16. The Hall–Kier alpha value is -6.38. The molecule has 2 aliphatic carbocycles. The maximum atomic E-state index is 10.3. The van der Waals surface area contributed by atoms with Crippen molar-refractivity contribution in [3.8, 4) is 44.8 Å². The molecular weight excluding hydrogens is 643 g/mol. The van der Waals surface area contributed by atoms with E-state index in [4.69, 9.17) is 0 Å². The second-order valence-electron chi connectivity index (χ2n) is 14.4. The van der Waals surface area contributed by atoms with Gasteiger partial charge in [-0.05, 0) is 119 Å². The number of phenols is 1. The van der Waals surface area contributed by atoms with Gasteiger partial charge in [0.05, 0.1) is 11.0 Å². The third-order valence-corrected chi connectivity index (χ3v) is 11.1. The largest absolute Gasteiger partial charge is 0.508 e. The Morgan fingerprint density at radius 2 is 1.09 bits per heavy atom. The molecule has 2 unspecified atom stereocenters. The number of rotatable bonds is 3. The van der Waals surface area contributed by atoms with Gasteiger partial charge in [-0.2, -0.15) is 0 Å². The van der Waals surface area contributed by atoms with Gasteiger partial charge in [-0.25, -0.2) is 0 Å². The molecule has 2 atom stereocenters. The Labute approximate surface area is 311 Å². The molecule has 2 aliphatic rings. The average Bonchev–Trinajstić information content (AvgIpc) is 3.51. The number of aryl methyl sites for hydroxylation is 3. The van der Waals surface area contributed by atoms with Crippen LogP contribution in [0.5, 0.6) is 5.75 Å². The summed E-state index contributed by atoms with van der Waals surface area (Å²) in [5.41, 5.74) is 17.9. The van der Waals surface area contributed by atoms with E-state index in [2.05, 4.69) is 177 Å². The van der Waals surface area contributed by atoms with E-state index in [-0.39, 0.29) is 5.75 Å². The second kappa shape index (κ2) is 13.3. The van der Waals surface area contributed by atoms with E-state index < -0.39 is 0 Å². The molecule has 1 aromatic heterocycles. The van der Waals surface area contributed by atoms with E-state index in [1.165, 1.54) is 61.2 Å². The van der Waals surface area contributed by atoms with Crippen molar-refractivity contribution < 1.29 is 5.11 Å². The van der Waals surface area contributed by atoms with Crippen LogP contribution in [0.1, 0.15) is 39.7 Å². The van der Waals surface area contributed by atoms with Gasteiger partial charge >= 0.3 is 0 Å². The second-order valence-corrected chi connectivity index (χ2v) is 14.4. The normalized spacial score (nSPS) is 15.4. The summed E-state index contributed by atoms with van der Waals surface area (Å²) in [7, 11) is 0. The first kappa shape index (κ1) is 32.5. The maximum Gasteiger partial charge on any atom is 0.116 e. The number of para-hydroxylation sites is 1. The first-order chi connectivity index (χ1) is 26.0. The standard InChI is InChI=1S/C32H25NO.C19H16/c1-21-9-6-7-13-26(21)32-22(2)10-8-14-27(32)23-15-17-30-28(19-23)29-20-25(34)16-18-31(29)33(30)24-11-4-3-5-12-24;1-13-10-11-18-16-8-3-2-6-14(16)15-7-4-5-9-17(15)19(18)12-13/h3-20,34H,1-2H3;2-12,15,17H,1H3. The molecular formula is C51H41NO. The smallest absolute Gasteiger partial charge is 0.116 e. The van der Waals surface area contributed by atoms with Crippen LogP contribution in [0.4, 0.5) is 0 Å². The van der Waals surface area contributed by atoms with Crippen LogP contribution in [0, 0.1) is 20.8 Å². The number of hydrogen-bond donors (Lipinski definition) is 1. The first-order valence-corrected chi connectivity index (χ1v) is 18.5. The molecule has 53 heavy (non-hydrogen) atoms. The number of aromatic nitrogens is 1. The molecule has 1 N–H and O–H groups in total. The van der Waals surface area contributed by atoms with E-state index in [0.29, 0.717) is 11.8 Å². The topological polar surface area (TPSA) is 25.2 Å². The zero-order chi connectivity index (χ0) is 36.1. The van der Waals surface area contributed by atoms with Crippen LogP contribution in [0.3, 0.4) is 0 Å². The maximum absolute atomic E-state index is 10.3. The molecule has 0 aliphatic heterocycles. The predicted molar refractivity (Wildman–Crippen MR) is 223 cm³/mol. The first-order valence-electron chi connectivity index (χ1n) is 18.5. The van der Waals surface area contributed by atoms with Crippen molar-refractivity contribution in [1.82, 2.24) is 4.57 Å². The molecule has 8 aromatic rings. The quantitative estimate of drug-likeness (QED) is 0.197. The van der Waals surface area contributed by atoms with Crippen molar-refractivity contribution in [3.05, 3.63) is 204 Å². The lowest BCUT2D eigenvalue weighted by molar-refractivity contribution is 0.476. The lowest BCUT2D eigenvalue weighted by atomic mass is 9.70.